The van der Waals surface area contributed by atoms with Gasteiger partial charge in [0.1, 0.15) is 5.82 Å². The highest BCUT2D eigenvalue weighted by Gasteiger charge is 2.35. The molecule has 1 atom stereocenters. The predicted octanol–water partition coefficient (Wildman–Crippen LogP) is 2.43. The summed E-state index contributed by atoms with van der Waals surface area (Å²) in [7, 11) is 0. The molecule has 0 saturated carbocycles. The second-order valence-corrected chi connectivity index (χ2v) is 5.97. The van der Waals surface area contributed by atoms with Gasteiger partial charge < -0.3 is 10.0 Å². The zero-order valence-electron chi connectivity index (χ0n) is 13.6. The maximum atomic E-state index is 14.1. The van der Waals surface area contributed by atoms with Crippen LogP contribution in [0.15, 0.2) is 18.2 Å². The second kappa shape index (κ2) is 7.55. The zero-order chi connectivity index (χ0) is 17.0. The van der Waals surface area contributed by atoms with Crippen molar-refractivity contribution in [3.8, 4) is 0 Å². The lowest BCUT2D eigenvalue weighted by Gasteiger charge is -2.38. The Morgan fingerprint density at radius 3 is 2.87 bits per heavy atom. The first-order valence-corrected chi connectivity index (χ1v) is 7.97. The summed E-state index contributed by atoms with van der Waals surface area (Å²) in [4.78, 5) is 27.0. The van der Waals surface area contributed by atoms with Crippen LogP contribution in [-0.4, -0.2) is 47.6 Å². The number of aliphatic carboxylic acids is 1. The van der Waals surface area contributed by atoms with Gasteiger partial charge in [0, 0.05) is 6.54 Å². The minimum absolute atomic E-state index is 0.172. The number of carboxylic acid groups (broad SMARTS) is 1. The smallest absolute Gasteiger partial charge is 0.317 e. The fraction of sp³-hybridized carbons (Fsp3) is 0.529. The fourth-order valence-corrected chi connectivity index (χ4v) is 3.07. The van der Waals surface area contributed by atoms with Gasteiger partial charge in [0.25, 0.3) is 0 Å². The molecule has 1 heterocycles. The van der Waals surface area contributed by atoms with Crippen LogP contribution in [0.4, 0.5) is 10.1 Å². The number of anilines is 1. The highest BCUT2D eigenvalue weighted by atomic mass is 19.1. The number of amides is 1. The van der Waals surface area contributed by atoms with Gasteiger partial charge in [0.05, 0.1) is 18.3 Å². The normalized spacial score (nSPS) is 18.5. The van der Waals surface area contributed by atoms with Crippen LogP contribution in [0.3, 0.4) is 0 Å². The molecule has 1 saturated heterocycles. The summed E-state index contributed by atoms with van der Waals surface area (Å²) >= 11 is 0. The molecule has 0 aromatic heterocycles. The van der Waals surface area contributed by atoms with Crippen molar-refractivity contribution in [1.29, 1.82) is 0 Å². The number of rotatable bonds is 6. The average molecular weight is 322 g/mol. The third kappa shape index (κ3) is 4.07. The lowest BCUT2D eigenvalue weighted by molar-refractivity contribution is -0.140. The van der Waals surface area contributed by atoms with E-state index in [1.165, 1.54) is 11.0 Å². The molecule has 6 heteroatoms. The molecule has 0 aliphatic carbocycles. The highest BCUT2D eigenvalue weighted by molar-refractivity contribution is 5.98. The number of hydrogen-bond acceptors (Lipinski definition) is 3. The van der Waals surface area contributed by atoms with E-state index < -0.39 is 17.8 Å². The molecule has 1 aromatic rings. The van der Waals surface area contributed by atoms with Crippen molar-refractivity contribution >= 4 is 17.6 Å². The van der Waals surface area contributed by atoms with Crippen LogP contribution >= 0.6 is 0 Å². The number of carbonyl (C=O) groups is 2. The van der Waals surface area contributed by atoms with Gasteiger partial charge in [0.2, 0.25) is 5.91 Å². The molecular formula is C17H23FN2O3. The Hall–Kier alpha value is -1.95. The Morgan fingerprint density at radius 2 is 2.22 bits per heavy atom. The third-order valence-corrected chi connectivity index (χ3v) is 4.09. The van der Waals surface area contributed by atoms with E-state index in [9.17, 15) is 14.0 Å². The molecule has 5 nitrogen and oxygen atoms in total. The Balaban J connectivity index is 2.26. The Bertz CT molecular complexity index is 591. The van der Waals surface area contributed by atoms with Crippen LogP contribution in [-0.2, 0) is 9.59 Å². The summed E-state index contributed by atoms with van der Waals surface area (Å²) in [6, 6.07) is 4.19. The summed E-state index contributed by atoms with van der Waals surface area (Å²) in [5, 5.41) is 9.06. The summed E-state index contributed by atoms with van der Waals surface area (Å²) in [5.41, 5.74) is 1.17. The molecule has 1 fully saturated rings. The molecule has 1 aromatic carbocycles. The first-order chi connectivity index (χ1) is 10.9. The first-order valence-electron chi connectivity index (χ1n) is 7.97. The molecule has 1 amide bonds. The number of nitrogens with zero attached hydrogens (tertiary/aromatic N) is 2. The fourth-order valence-electron chi connectivity index (χ4n) is 3.07. The number of aryl methyl sites for hydroxylation is 1. The van der Waals surface area contributed by atoms with Gasteiger partial charge in [-0.2, -0.15) is 0 Å². The molecule has 0 radical (unpaired) electrons. The molecule has 1 unspecified atom stereocenters. The van der Waals surface area contributed by atoms with Crippen molar-refractivity contribution in [2.24, 2.45) is 0 Å². The molecule has 1 aliphatic heterocycles. The van der Waals surface area contributed by atoms with Crippen LogP contribution in [0.1, 0.15) is 31.7 Å². The van der Waals surface area contributed by atoms with Gasteiger partial charge in [-0.1, -0.05) is 13.0 Å². The van der Waals surface area contributed by atoms with Crippen molar-refractivity contribution in [2.45, 2.75) is 39.2 Å². The standard InChI is InChI=1S/C17H23FN2O3/c1-3-8-19(11-16(21)22)14-5-4-9-20(17(14)23)15-10-12(2)6-7-13(15)18/h6-7,10,14H,3-5,8-9,11H2,1-2H3,(H,21,22). The maximum Gasteiger partial charge on any atom is 0.317 e. The Morgan fingerprint density at radius 1 is 1.48 bits per heavy atom. The van der Waals surface area contributed by atoms with E-state index in [0.717, 1.165) is 18.4 Å². The summed E-state index contributed by atoms with van der Waals surface area (Å²) < 4.78 is 14.1. The number of carboxylic acids is 1. The predicted molar refractivity (Wildman–Crippen MR) is 86.0 cm³/mol. The molecule has 1 aliphatic rings. The second-order valence-electron chi connectivity index (χ2n) is 5.97. The maximum absolute atomic E-state index is 14.1. The molecule has 126 valence electrons. The molecule has 0 spiro atoms. The van der Waals surface area contributed by atoms with Crippen molar-refractivity contribution in [2.75, 3.05) is 24.5 Å². The largest absolute Gasteiger partial charge is 0.480 e. The first kappa shape index (κ1) is 17.4. The monoisotopic (exact) mass is 322 g/mol. The van der Waals surface area contributed by atoms with Gasteiger partial charge in [-0.25, -0.2) is 4.39 Å². The number of benzene rings is 1. The number of hydrogen-bond donors (Lipinski definition) is 1. The van der Waals surface area contributed by atoms with E-state index in [1.807, 2.05) is 13.8 Å². The van der Waals surface area contributed by atoms with E-state index in [0.29, 0.717) is 19.5 Å². The minimum Gasteiger partial charge on any atom is -0.480 e. The van der Waals surface area contributed by atoms with Crippen LogP contribution in [0, 0.1) is 12.7 Å². The average Bonchev–Trinajstić information content (AvgIpc) is 2.49. The Labute approximate surface area is 135 Å². The third-order valence-electron chi connectivity index (χ3n) is 4.09. The lowest BCUT2D eigenvalue weighted by atomic mass is 10.0. The summed E-state index contributed by atoms with van der Waals surface area (Å²) in [6.45, 7) is 4.62. The van der Waals surface area contributed by atoms with E-state index in [1.54, 1.807) is 17.0 Å². The van der Waals surface area contributed by atoms with Crippen molar-refractivity contribution < 1.29 is 19.1 Å². The summed E-state index contributed by atoms with van der Waals surface area (Å²) in [5.74, 6) is -1.59. The van der Waals surface area contributed by atoms with E-state index in [-0.39, 0.29) is 18.1 Å². The van der Waals surface area contributed by atoms with E-state index in [2.05, 4.69) is 0 Å². The minimum atomic E-state index is -0.954. The van der Waals surface area contributed by atoms with Crippen molar-refractivity contribution in [3.05, 3.63) is 29.6 Å². The van der Waals surface area contributed by atoms with Crippen molar-refractivity contribution in [1.82, 2.24) is 4.90 Å². The van der Waals surface area contributed by atoms with Crippen LogP contribution in [0.5, 0.6) is 0 Å². The van der Waals surface area contributed by atoms with Gasteiger partial charge >= 0.3 is 5.97 Å². The number of piperidine rings is 1. The summed E-state index contributed by atoms with van der Waals surface area (Å²) in [6.07, 6.45) is 2.09. The van der Waals surface area contributed by atoms with Gasteiger partial charge in [-0.05, 0) is 50.4 Å². The Kier molecular flexibility index (Phi) is 5.71. The van der Waals surface area contributed by atoms with Gasteiger partial charge in [-0.3, -0.25) is 14.5 Å². The molecular weight excluding hydrogens is 299 g/mol. The van der Waals surface area contributed by atoms with Crippen LogP contribution < -0.4 is 4.90 Å². The molecule has 1 N–H and O–H groups in total. The topological polar surface area (TPSA) is 60.9 Å². The molecule has 2 rings (SSSR count). The van der Waals surface area contributed by atoms with Gasteiger partial charge in [0.15, 0.2) is 0 Å². The van der Waals surface area contributed by atoms with E-state index in [4.69, 9.17) is 5.11 Å². The number of carbonyl (C=O) groups excluding carboxylic acids is 1. The van der Waals surface area contributed by atoms with Crippen LogP contribution in [0.25, 0.3) is 0 Å². The molecule has 0 bridgehead atoms. The van der Waals surface area contributed by atoms with Crippen molar-refractivity contribution in [3.63, 3.8) is 0 Å². The zero-order valence-corrected chi connectivity index (χ0v) is 13.6. The number of halogens is 1. The van der Waals surface area contributed by atoms with Gasteiger partial charge in [-0.15, -0.1) is 0 Å². The lowest BCUT2D eigenvalue weighted by Crippen LogP contribution is -2.54. The van der Waals surface area contributed by atoms with E-state index >= 15 is 0 Å². The molecule has 23 heavy (non-hydrogen) atoms. The quantitative estimate of drug-likeness (QED) is 0.874. The highest BCUT2D eigenvalue weighted by Crippen LogP contribution is 2.27. The van der Waals surface area contributed by atoms with Crippen LogP contribution in [0.2, 0.25) is 0 Å². The SMILES string of the molecule is CCCN(CC(=O)O)C1CCCN(c2cc(C)ccc2F)C1=O.